The third-order valence-electron chi connectivity index (χ3n) is 1.76. The molecule has 0 atom stereocenters. The minimum Gasteiger partial charge on any atom is -0.376 e. The van der Waals surface area contributed by atoms with Crippen molar-refractivity contribution in [1.29, 1.82) is 0 Å². The number of unbranched alkanes of at least 4 members (excludes halogenated alkanes) is 1. The van der Waals surface area contributed by atoms with Crippen molar-refractivity contribution in [3.63, 3.8) is 0 Å². The Kier molecular flexibility index (Phi) is 4.40. The summed E-state index contributed by atoms with van der Waals surface area (Å²) in [5.74, 6) is 0. The Bertz CT molecular complexity index is 259. The van der Waals surface area contributed by atoms with Gasteiger partial charge in [0.25, 0.3) is 0 Å². The number of aromatic nitrogens is 1. The predicted molar refractivity (Wildman–Crippen MR) is 58.8 cm³/mol. The molecule has 13 heavy (non-hydrogen) atoms. The van der Waals surface area contributed by atoms with Crippen molar-refractivity contribution in [2.45, 2.75) is 19.8 Å². The van der Waals surface area contributed by atoms with Crippen molar-refractivity contribution in [2.24, 2.45) is 0 Å². The van der Waals surface area contributed by atoms with Gasteiger partial charge in [0.1, 0.15) is 4.99 Å². The highest BCUT2D eigenvalue weighted by molar-refractivity contribution is 7.80. The molecule has 0 saturated carbocycles. The van der Waals surface area contributed by atoms with E-state index in [4.69, 9.17) is 12.2 Å². The number of nitrogens with one attached hydrogen (secondary N) is 1. The minimum absolute atomic E-state index is 0.816. The summed E-state index contributed by atoms with van der Waals surface area (Å²) < 4.78 is 0. The van der Waals surface area contributed by atoms with Crippen LogP contribution in [0.25, 0.3) is 0 Å². The highest BCUT2D eigenvalue weighted by Crippen LogP contribution is 1.97. The van der Waals surface area contributed by atoms with Crippen molar-refractivity contribution in [3.8, 4) is 0 Å². The monoisotopic (exact) mass is 194 g/mol. The molecule has 0 aliphatic carbocycles. The highest BCUT2D eigenvalue weighted by atomic mass is 32.1. The molecule has 0 fully saturated rings. The fourth-order valence-electron chi connectivity index (χ4n) is 0.984. The van der Waals surface area contributed by atoms with Crippen LogP contribution >= 0.6 is 12.2 Å². The maximum absolute atomic E-state index is 5.19. The van der Waals surface area contributed by atoms with E-state index in [1.807, 2.05) is 12.1 Å². The van der Waals surface area contributed by atoms with Crippen LogP contribution in [0.5, 0.6) is 0 Å². The van der Waals surface area contributed by atoms with Gasteiger partial charge in [-0.3, -0.25) is 4.98 Å². The van der Waals surface area contributed by atoms with Gasteiger partial charge in [0.15, 0.2) is 0 Å². The van der Waals surface area contributed by atoms with Gasteiger partial charge in [0, 0.05) is 24.5 Å². The average molecular weight is 194 g/mol. The van der Waals surface area contributed by atoms with Crippen molar-refractivity contribution in [3.05, 3.63) is 30.1 Å². The SMILES string of the molecule is CCCCNC(=S)c1ccncc1. The number of thiocarbonyl (C=S) groups is 1. The lowest BCUT2D eigenvalue weighted by atomic mass is 10.2. The quantitative estimate of drug-likeness (QED) is 0.587. The zero-order valence-electron chi connectivity index (χ0n) is 7.79. The lowest BCUT2D eigenvalue weighted by Crippen LogP contribution is -2.23. The lowest BCUT2D eigenvalue weighted by Gasteiger charge is -2.06. The second-order valence-corrected chi connectivity index (χ2v) is 3.25. The fraction of sp³-hybridized carbons (Fsp3) is 0.400. The molecule has 0 saturated heterocycles. The standard InChI is InChI=1S/C10H14N2S/c1-2-3-6-12-10(13)9-4-7-11-8-5-9/h4-5,7-8H,2-3,6H2,1H3,(H,12,13). The average Bonchev–Trinajstić information content (AvgIpc) is 2.19. The number of rotatable bonds is 4. The Hall–Kier alpha value is -0.960. The molecule has 0 radical (unpaired) electrons. The van der Waals surface area contributed by atoms with E-state index < -0.39 is 0 Å². The first kappa shape index (κ1) is 10.1. The van der Waals surface area contributed by atoms with E-state index in [-0.39, 0.29) is 0 Å². The van der Waals surface area contributed by atoms with Crippen LogP contribution in [0.1, 0.15) is 25.3 Å². The molecule has 1 rings (SSSR count). The predicted octanol–water partition coefficient (Wildman–Crippen LogP) is 2.15. The van der Waals surface area contributed by atoms with E-state index in [0.29, 0.717) is 0 Å². The summed E-state index contributed by atoms with van der Waals surface area (Å²) in [5, 5.41) is 3.20. The summed E-state index contributed by atoms with van der Waals surface area (Å²) in [6, 6.07) is 3.84. The first-order chi connectivity index (χ1) is 6.34. The molecule has 1 N–H and O–H groups in total. The van der Waals surface area contributed by atoms with Crippen molar-refractivity contribution >= 4 is 17.2 Å². The molecule has 3 heteroatoms. The van der Waals surface area contributed by atoms with Crippen molar-refractivity contribution in [2.75, 3.05) is 6.54 Å². The summed E-state index contributed by atoms with van der Waals surface area (Å²) in [4.78, 5) is 4.75. The Morgan fingerprint density at radius 3 is 2.77 bits per heavy atom. The van der Waals surface area contributed by atoms with Crippen LogP contribution in [-0.2, 0) is 0 Å². The molecule has 0 spiro atoms. The molecule has 0 unspecified atom stereocenters. The molecule has 1 aromatic heterocycles. The minimum atomic E-state index is 0.816. The maximum atomic E-state index is 5.19. The second-order valence-electron chi connectivity index (χ2n) is 2.85. The maximum Gasteiger partial charge on any atom is 0.106 e. The topological polar surface area (TPSA) is 24.9 Å². The highest BCUT2D eigenvalue weighted by Gasteiger charge is 1.97. The van der Waals surface area contributed by atoms with Crippen LogP contribution in [0, 0.1) is 0 Å². The number of nitrogens with zero attached hydrogens (tertiary/aromatic N) is 1. The van der Waals surface area contributed by atoms with E-state index in [0.717, 1.165) is 23.5 Å². The number of hydrogen-bond acceptors (Lipinski definition) is 2. The van der Waals surface area contributed by atoms with E-state index in [1.165, 1.54) is 6.42 Å². The molecule has 0 aliphatic heterocycles. The van der Waals surface area contributed by atoms with E-state index in [1.54, 1.807) is 12.4 Å². The second kappa shape index (κ2) is 5.65. The molecule has 1 aromatic rings. The van der Waals surface area contributed by atoms with E-state index >= 15 is 0 Å². The smallest absolute Gasteiger partial charge is 0.106 e. The molecular weight excluding hydrogens is 180 g/mol. The van der Waals surface area contributed by atoms with Gasteiger partial charge in [0.05, 0.1) is 0 Å². The van der Waals surface area contributed by atoms with E-state index in [9.17, 15) is 0 Å². The van der Waals surface area contributed by atoms with Gasteiger partial charge in [-0.1, -0.05) is 25.6 Å². The van der Waals surface area contributed by atoms with Crippen molar-refractivity contribution < 1.29 is 0 Å². The van der Waals surface area contributed by atoms with Gasteiger partial charge < -0.3 is 5.32 Å². The Balaban J connectivity index is 2.40. The summed E-state index contributed by atoms with van der Waals surface area (Å²) in [6.07, 6.45) is 5.85. The molecular formula is C10H14N2S. The van der Waals surface area contributed by atoms with Gasteiger partial charge in [-0.25, -0.2) is 0 Å². The van der Waals surface area contributed by atoms with Gasteiger partial charge in [0.2, 0.25) is 0 Å². The van der Waals surface area contributed by atoms with Crippen LogP contribution in [0.4, 0.5) is 0 Å². The first-order valence-electron chi connectivity index (χ1n) is 4.53. The first-order valence-corrected chi connectivity index (χ1v) is 4.93. The van der Waals surface area contributed by atoms with Gasteiger partial charge in [-0.05, 0) is 18.6 Å². The summed E-state index contributed by atoms with van der Waals surface area (Å²) in [5.41, 5.74) is 1.04. The molecule has 0 aromatic carbocycles. The van der Waals surface area contributed by atoms with Gasteiger partial charge in [-0.15, -0.1) is 0 Å². The fourth-order valence-corrected chi connectivity index (χ4v) is 1.22. The molecule has 0 bridgehead atoms. The third-order valence-corrected chi connectivity index (χ3v) is 2.14. The van der Waals surface area contributed by atoms with Gasteiger partial charge in [-0.2, -0.15) is 0 Å². The molecule has 1 heterocycles. The molecule has 0 amide bonds. The lowest BCUT2D eigenvalue weighted by molar-refractivity contribution is 0.759. The zero-order valence-corrected chi connectivity index (χ0v) is 8.60. The summed E-state index contributed by atoms with van der Waals surface area (Å²) in [7, 11) is 0. The normalized spacial score (nSPS) is 9.62. The number of hydrogen-bond donors (Lipinski definition) is 1. The molecule has 2 nitrogen and oxygen atoms in total. The van der Waals surface area contributed by atoms with Crippen LogP contribution in [0.2, 0.25) is 0 Å². The van der Waals surface area contributed by atoms with Crippen LogP contribution < -0.4 is 5.32 Å². The van der Waals surface area contributed by atoms with Crippen molar-refractivity contribution in [1.82, 2.24) is 10.3 Å². The zero-order chi connectivity index (χ0) is 9.52. The van der Waals surface area contributed by atoms with Crippen LogP contribution in [0.3, 0.4) is 0 Å². The number of pyridine rings is 1. The molecule has 0 aliphatic rings. The Morgan fingerprint density at radius 2 is 2.15 bits per heavy atom. The summed E-state index contributed by atoms with van der Waals surface area (Å²) in [6.45, 7) is 3.12. The third kappa shape index (κ3) is 3.51. The Morgan fingerprint density at radius 1 is 1.46 bits per heavy atom. The van der Waals surface area contributed by atoms with Crippen LogP contribution in [0.15, 0.2) is 24.5 Å². The summed E-state index contributed by atoms with van der Waals surface area (Å²) >= 11 is 5.19. The van der Waals surface area contributed by atoms with Gasteiger partial charge >= 0.3 is 0 Å². The molecule has 70 valence electrons. The Labute approximate surface area is 84.4 Å². The van der Waals surface area contributed by atoms with E-state index in [2.05, 4.69) is 17.2 Å². The largest absolute Gasteiger partial charge is 0.376 e. The van der Waals surface area contributed by atoms with Crippen LogP contribution in [-0.4, -0.2) is 16.5 Å².